The predicted molar refractivity (Wildman–Crippen MR) is 149 cm³/mol. The van der Waals surface area contributed by atoms with Crippen LogP contribution in [0.25, 0.3) is 0 Å². The summed E-state index contributed by atoms with van der Waals surface area (Å²) in [7, 11) is 0. The molecule has 2 saturated heterocycles. The Kier molecular flexibility index (Phi) is 10.9. The van der Waals surface area contributed by atoms with E-state index in [9.17, 15) is 0 Å². The van der Waals surface area contributed by atoms with Crippen LogP contribution >= 0.6 is 12.4 Å². The number of nitrogens with zero attached hydrogens (tertiary/aromatic N) is 3. The molecule has 0 amide bonds. The average Bonchev–Trinajstić information content (AvgIpc) is 2.89. The summed E-state index contributed by atoms with van der Waals surface area (Å²) in [6.07, 6.45) is 12.2. The zero-order valence-corrected chi connectivity index (χ0v) is 23.0. The van der Waals surface area contributed by atoms with E-state index in [1.807, 2.05) is 0 Å². The topological polar surface area (TPSA) is 19.0 Å². The van der Waals surface area contributed by atoms with Gasteiger partial charge >= 0.3 is 0 Å². The minimum atomic E-state index is 0. The first-order valence-electron chi connectivity index (χ1n) is 14.1. The Labute approximate surface area is 215 Å². The third-order valence-corrected chi connectivity index (χ3v) is 9.16. The van der Waals surface area contributed by atoms with Gasteiger partial charge in [-0.25, -0.2) is 0 Å². The van der Waals surface area contributed by atoms with E-state index in [0.717, 1.165) is 32.2 Å². The fourth-order valence-electron chi connectivity index (χ4n) is 6.47. The number of piperazine rings is 1. The van der Waals surface area contributed by atoms with Crippen LogP contribution in [0.2, 0.25) is 0 Å². The van der Waals surface area contributed by atoms with E-state index in [1.165, 1.54) is 102 Å². The number of ether oxygens (including phenoxy) is 1. The van der Waals surface area contributed by atoms with Gasteiger partial charge in [-0.05, 0) is 73.7 Å². The molecule has 0 bridgehead atoms. The number of rotatable bonds is 9. The molecule has 2 aliphatic heterocycles. The molecule has 0 atom stereocenters. The molecule has 3 fully saturated rings. The zero-order valence-electron chi connectivity index (χ0n) is 22.2. The minimum Gasteiger partial charge on any atom is -0.378 e. The molecule has 1 aromatic carbocycles. The van der Waals surface area contributed by atoms with Gasteiger partial charge in [-0.15, -0.1) is 12.4 Å². The number of benzene rings is 1. The molecule has 0 spiro atoms. The van der Waals surface area contributed by atoms with Crippen molar-refractivity contribution in [3.63, 3.8) is 0 Å². The highest BCUT2D eigenvalue weighted by Gasteiger charge is 2.34. The quantitative estimate of drug-likeness (QED) is 0.357. The molecular formula is C29H50ClN3O. The van der Waals surface area contributed by atoms with Gasteiger partial charge in [0.25, 0.3) is 0 Å². The molecule has 5 heteroatoms. The van der Waals surface area contributed by atoms with Gasteiger partial charge in [0, 0.05) is 50.6 Å². The van der Waals surface area contributed by atoms with E-state index in [1.54, 1.807) is 5.56 Å². The summed E-state index contributed by atoms with van der Waals surface area (Å²) in [5, 5.41) is 0. The van der Waals surface area contributed by atoms with Crippen molar-refractivity contribution in [3.8, 4) is 0 Å². The van der Waals surface area contributed by atoms with Crippen LogP contribution in [0.3, 0.4) is 0 Å². The van der Waals surface area contributed by atoms with Gasteiger partial charge < -0.3 is 14.5 Å². The summed E-state index contributed by atoms with van der Waals surface area (Å²) in [5.41, 5.74) is 5.19. The molecule has 1 saturated carbocycles. The summed E-state index contributed by atoms with van der Waals surface area (Å²) in [5.74, 6) is 0.717. The van der Waals surface area contributed by atoms with Crippen molar-refractivity contribution in [2.75, 3.05) is 68.8 Å². The van der Waals surface area contributed by atoms with E-state index in [0.29, 0.717) is 5.41 Å². The summed E-state index contributed by atoms with van der Waals surface area (Å²) in [4.78, 5) is 7.93. The first-order chi connectivity index (χ1) is 16.2. The van der Waals surface area contributed by atoms with Gasteiger partial charge in [0.2, 0.25) is 0 Å². The normalized spacial score (nSPS) is 22.0. The van der Waals surface area contributed by atoms with Crippen molar-refractivity contribution in [2.24, 2.45) is 5.41 Å². The van der Waals surface area contributed by atoms with Gasteiger partial charge in [-0.2, -0.15) is 0 Å². The largest absolute Gasteiger partial charge is 0.378 e. The Morgan fingerprint density at radius 2 is 1.53 bits per heavy atom. The van der Waals surface area contributed by atoms with Crippen molar-refractivity contribution >= 4 is 23.8 Å². The lowest BCUT2D eigenvalue weighted by molar-refractivity contribution is 0.122. The van der Waals surface area contributed by atoms with Gasteiger partial charge in [0.05, 0.1) is 13.2 Å². The molecule has 0 unspecified atom stereocenters. The second-order valence-electron chi connectivity index (χ2n) is 10.9. The molecule has 194 valence electrons. The summed E-state index contributed by atoms with van der Waals surface area (Å²) in [6, 6.07) is 7.43. The average molecular weight is 492 g/mol. The lowest BCUT2D eigenvalue weighted by Crippen LogP contribution is -2.47. The van der Waals surface area contributed by atoms with Crippen LogP contribution in [0.1, 0.15) is 90.0 Å². The molecule has 3 aliphatic rings. The Morgan fingerprint density at radius 3 is 2.15 bits per heavy atom. The molecule has 1 aliphatic carbocycles. The molecule has 4 nitrogen and oxygen atoms in total. The van der Waals surface area contributed by atoms with Crippen LogP contribution in [0.5, 0.6) is 0 Å². The molecular weight excluding hydrogens is 442 g/mol. The number of hydrogen-bond donors (Lipinski definition) is 0. The highest BCUT2D eigenvalue weighted by Crippen LogP contribution is 2.49. The number of hydrogen-bond acceptors (Lipinski definition) is 4. The Bertz CT molecular complexity index is 714. The highest BCUT2D eigenvalue weighted by molar-refractivity contribution is 5.85. The molecule has 1 aromatic rings. The maximum atomic E-state index is 5.62. The first kappa shape index (κ1) is 27.6. The maximum Gasteiger partial charge on any atom is 0.0642 e. The number of anilines is 2. The predicted octanol–water partition coefficient (Wildman–Crippen LogP) is 6.72. The lowest BCUT2D eigenvalue weighted by atomic mass is 9.66. The monoisotopic (exact) mass is 491 g/mol. The molecule has 34 heavy (non-hydrogen) atoms. The van der Waals surface area contributed by atoms with Crippen molar-refractivity contribution in [1.29, 1.82) is 0 Å². The lowest BCUT2D eigenvalue weighted by Gasteiger charge is -2.42. The number of halogens is 1. The van der Waals surface area contributed by atoms with Crippen LogP contribution in [0.4, 0.5) is 11.4 Å². The zero-order chi connectivity index (χ0) is 23.1. The molecule has 4 rings (SSSR count). The van der Waals surface area contributed by atoms with Gasteiger partial charge in [-0.3, -0.25) is 4.90 Å². The third kappa shape index (κ3) is 6.62. The van der Waals surface area contributed by atoms with Crippen molar-refractivity contribution in [1.82, 2.24) is 4.90 Å². The fourth-order valence-corrected chi connectivity index (χ4v) is 6.47. The second-order valence-corrected chi connectivity index (χ2v) is 10.9. The van der Waals surface area contributed by atoms with Crippen LogP contribution < -0.4 is 9.80 Å². The van der Waals surface area contributed by atoms with Crippen LogP contribution in [0, 0.1) is 5.41 Å². The Morgan fingerprint density at radius 1 is 0.853 bits per heavy atom. The van der Waals surface area contributed by atoms with Crippen molar-refractivity contribution in [2.45, 2.75) is 84.5 Å². The highest BCUT2D eigenvalue weighted by atomic mass is 35.5. The van der Waals surface area contributed by atoms with E-state index < -0.39 is 0 Å². The number of morpholine rings is 1. The maximum absolute atomic E-state index is 5.62. The Hall–Kier alpha value is -0.970. The fraction of sp³-hybridized carbons (Fsp3) is 0.793. The van der Waals surface area contributed by atoms with Crippen LogP contribution in [-0.4, -0.2) is 63.9 Å². The van der Waals surface area contributed by atoms with Crippen molar-refractivity contribution < 1.29 is 4.74 Å². The minimum absolute atomic E-state index is 0. The van der Waals surface area contributed by atoms with E-state index in [2.05, 4.69) is 53.7 Å². The smallest absolute Gasteiger partial charge is 0.0642 e. The van der Waals surface area contributed by atoms with Crippen molar-refractivity contribution in [3.05, 3.63) is 23.8 Å². The summed E-state index contributed by atoms with van der Waals surface area (Å²) in [6.45, 7) is 17.0. The summed E-state index contributed by atoms with van der Waals surface area (Å²) < 4.78 is 5.62. The van der Waals surface area contributed by atoms with E-state index in [-0.39, 0.29) is 12.4 Å². The SMILES string of the molecule is CCCCCN1CCN(c2ccc(N3CCOCC3)cc2C2CCC(CC)(CC)CC2)CC1.Cl. The summed E-state index contributed by atoms with van der Waals surface area (Å²) >= 11 is 0. The molecule has 0 N–H and O–H groups in total. The number of unbranched alkanes of at least 4 members (excludes halogenated alkanes) is 2. The third-order valence-electron chi connectivity index (χ3n) is 9.16. The van der Waals surface area contributed by atoms with Crippen LogP contribution in [-0.2, 0) is 4.74 Å². The van der Waals surface area contributed by atoms with Crippen LogP contribution in [0.15, 0.2) is 18.2 Å². The molecule has 0 aromatic heterocycles. The Balaban J connectivity index is 0.00000324. The standard InChI is InChI=1S/C29H49N3O.ClH/c1-4-7-8-15-30-16-18-32(19-17-30)28-10-9-26(31-20-22-33-23-21-31)24-27(28)25-11-13-29(5-2,6-3)14-12-25;/h9-10,24-25H,4-8,11-23H2,1-3H3;1H. The first-order valence-corrected chi connectivity index (χ1v) is 14.1. The van der Waals surface area contributed by atoms with Gasteiger partial charge in [0.1, 0.15) is 0 Å². The second kappa shape index (κ2) is 13.4. The van der Waals surface area contributed by atoms with Gasteiger partial charge in [-0.1, -0.05) is 46.5 Å². The molecule has 0 radical (unpaired) electrons. The van der Waals surface area contributed by atoms with E-state index >= 15 is 0 Å². The van der Waals surface area contributed by atoms with Gasteiger partial charge in [0.15, 0.2) is 0 Å². The van der Waals surface area contributed by atoms with E-state index in [4.69, 9.17) is 4.74 Å². The molecule has 2 heterocycles.